The van der Waals surface area contributed by atoms with Gasteiger partial charge in [-0.05, 0) is 41.8 Å². The fraction of sp³-hybridized carbons (Fsp3) is 0.316. The molecule has 2 aromatic carbocycles. The SMILES string of the molecule is CC(C)c1ccccc1N(CC(=O)Nc1ccc(C(F)(F)F)cc1)S(C)(=O)=O. The van der Waals surface area contributed by atoms with Crippen LogP contribution in [0.1, 0.15) is 30.9 Å². The van der Waals surface area contributed by atoms with E-state index in [1.807, 2.05) is 13.8 Å². The van der Waals surface area contributed by atoms with E-state index in [0.717, 1.165) is 40.4 Å². The van der Waals surface area contributed by atoms with Gasteiger partial charge in [0.1, 0.15) is 6.54 Å². The number of anilines is 2. The van der Waals surface area contributed by atoms with E-state index in [9.17, 15) is 26.4 Å². The molecule has 0 saturated carbocycles. The van der Waals surface area contributed by atoms with Gasteiger partial charge in [-0.15, -0.1) is 0 Å². The molecule has 9 heteroatoms. The van der Waals surface area contributed by atoms with E-state index in [-0.39, 0.29) is 11.6 Å². The standard InChI is InChI=1S/C19H21F3N2O3S/c1-13(2)16-6-4-5-7-17(16)24(28(3,26)27)12-18(25)23-15-10-8-14(9-11-15)19(20,21)22/h4-11,13H,12H2,1-3H3,(H,23,25). The molecule has 28 heavy (non-hydrogen) atoms. The van der Waals surface area contributed by atoms with Crippen molar-refractivity contribution in [3.05, 3.63) is 59.7 Å². The number of halogens is 3. The van der Waals surface area contributed by atoms with Crippen molar-refractivity contribution in [2.24, 2.45) is 0 Å². The monoisotopic (exact) mass is 414 g/mol. The molecule has 2 aromatic rings. The molecule has 0 radical (unpaired) electrons. The molecule has 5 nitrogen and oxygen atoms in total. The lowest BCUT2D eigenvalue weighted by atomic mass is 10.0. The minimum atomic E-state index is -4.48. The van der Waals surface area contributed by atoms with Gasteiger partial charge in [0, 0.05) is 5.69 Å². The molecule has 0 unspecified atom stereocenters. The summed E-state index contributed by atoms with van der Waals surface area (Å²) in [4.78, 5) is 12.4. The van der Waals surface area contributed by atoms with Crippen LogP contribution < -0.4 is 9.62 Å². The number of alkyl halides is 3. The Morgan fingerprint density at radius 3 is 2.14 bits per heavy atom. The molecule has 152 valence electrons. The summed E-state index contributed by atoms with van der Waals surface area (Å²) in [6.45, 7) is 3.31. The second-order valence-corrected chi connectivity index (χ2v) is 8.51. The second kappa shape index (κ2) is 8.22. The van der Waals surface area contributed by atoms with E-state index in [0.29, 0.717) is 5.69 Å². The minimum Gasteiger partial charge on any atom is -0.325 e. The Kier molecular flexibility index (Phi) is 6.38. The van der Waals surface area contributed by atoms with Crippen LogP contribution >= 0.6 is 0 Å². The number of carbonyl (C=O) groups excluding carboxylic acids is 1. The molecule has 0 aliphatic heterocycles. The summed E-state index contributed by atoms with van der Waals surface area (Å²) in [5.41, 5.74) is 0.454. The molecule has 0 fully saturated rings. The van der Waals surface area contributed by atoms with E-state index in [2.05, 4.69) is 5.32 Å². The molecule has 1 amide bonds. The first-order valence-corrected chi connectivity index (χ1v) is 10.3. The molecule has 0 spiro atoms. The Labute approximate surface area is 162 Å². The minimum absolute atomic E-state index is 0.0263. The maximum absolute atomic E-state index is 12.6. The molecule has 2 rings (SSSR count). The summed E-state index contributed by atoms with van der Waals surface area (Å²) >= 11 is 0. The average molecular weight is 414 g/mol. The highest BCUT2D eigenvalue weighted by Gasteiger charge is 2.30. The summed E-state index contributed by atoms with van der Waals surface area (Å²) in [6.07, 6.45) is -3.48. The topological polar surface area (TPSA) is 66.5 Å². The van der Waals surface area contributed by atoms with Crippen LogP contribution in [-0.4, -0.2) is 27.1 Å². The summed E-state index contributed by atoms with van der Waals surface area (Å²) in [5.74, 6) is -0.637. The molecule has 0 aliphatic carbocycles. The molecule has 0 saturated heterocycles. The van der Waals surface area contributed by atoms with Crippen LogP contribution in [0.5, 0.6) is 0 Å². The van der Waals surface area contributed by atoms with E-state index in [1.165, 1.54) is 0 Å². The van der Waals surface area contributed by atoms with Crippen molar-refractivity contribution in [2.75, 3.05) is 22.4 Å². The first kappa shape index (κ1) is 21.7. The van der Waals surface area contributed by atoms with Crippen molar-refractivity contribution in [3.63, 3.8) is 0 Å². The van der Waals surface area contributed by atoms with Crippen LogP contribution in [-0.2, 0) is 21.0 Å². The number of rotatable bonds is 6. The fourth-order valence-corrected chi connectivity index (χ4v) is 3.53. The number of sulfonamides is 1. The van der Waals surface area contributed by atoms with Gasteiger partial charge in [0.2, 0.25) is 15.9 Å². The number of nitrogens with one attached hydrogen (secondary N) is 1. The number of benzene rings is 2. The lowest BCUT2D eigenvalue weighted by Gasteiger charge is -2.25. The average Bonchev–Trinajstić information content (AvgIpc) is 2.58. The molecular formula is C19H21F3N2O3S. The van der Waals surface area contributed by atoms with Crippen molar-refractivity contribution in [1.82, 2.24) is 0 Å². The molecular weight excluding hydrogens is 393 g/mol. The Bertz CT molecular complexity index is 940. The molecule has 0 bridgehead atoms. The normalized spacial score (nSPS) is 12.1. The second-order valence-electron chi connectivity index (χ2n) is 6.61. The highest BCUT2D eigenvalue weighted by molar-refractivity contribution is 7.92. The third-order valence-electron chi connectivity index (χ3n) is 4.01. The van der Waals surface area contributed by atoms with Crippen LogP contribution in [0.2, 0.25) is 0 Å². The Balaban J connectivity index is 2.24. The zero-order valence-corrected chi connectivity index (χ0v) is 16.4. The molecule has 0 aliphatic rings. The smallest absolute Gasteiger partial charge is 0.325 e. The molecule has 0 atom stereocenters. The van der Waals surface area contributed by atoms with Crippen LogP contribution in [0.25, 0.3) is 0 Å². The molecule has 0 aromatic heterocycles. The Hall–Kier alpha value is -2.55. The summed E-state index contributed by atoms with van der Waals surface area (Å²) in [7, 11) is -3.76. The predicted molar refractivity (Wildman–Crippen MR) is 103 cm³/mol. The van der Waals surface area contributed by atoms with Crippen molar-refractivity contribution < 1.29 is 26.4 Å². The van der Waals surface area contributed by atoms with Crippen molar-refractivity contribution in [3.8, 4) is 0 Å². The van der Waals surface area contributed by atoms with Crippen molar-refractivity contribution >= 4 is 27.3 Å². The summed E-state index contributed by atoms with van der Waals surface area (Å²) in [6, 6.07) is 10.8. The zero-order chi connectivity index (χ0) is 21.1. The lowest BCUT2D eigenvalue weighted by molar-refractivity contribution is -0.137. The molecule has 0 heterocycles. The van der Waals surface area contributed by atoms with E-state index in [1.54, 1.807) is 24.3 Å². The van der Waals surface area contributed by atoms with Gasteiger partial charge in [0.25, 0.3) is 0 Å². The summed E-state index contributed by atoms with van der Waals surface area (Å²) < 4.78 is 63.4. The number of carbonyl (C=O) groups is 1. The van der Waals surface area contributed by atoms with Gasteiger partial charge >= 0.3 is 6.18 Å². The largest absolute Gasteiger partial charge is 0.416 e. The number of hydrogen-bond donors (Lipinski definition) is 1. The van der Waals surface area contributed by atoms with Gasteiger partial charge in [-0.3, -0.25) is 9.10 Å². The number of hydrogen-bond acceptors (Lipinski definition) is 3. The van der Waals surface area contributed by atoms with Crippen molar-refractivity contribution in [1.29, 1.82) is 0 Å². The van der Waals surface area contributed by atoms with Gasteiger partial charge in [0.05, 0.1) is 17.5 Å². The van der Waals surface area contributed by atoms with Gasteiger partial charge in [-0.1, -0.05) is 32.0 Å². The number of para-hydroxylation sites is 1. The van der Waals surface area contributed by atoms with Crippen LogP contribution in [0, 0.1) is 0 Å². The zero-order valence-electron chi connectivity index (χ0n) is 15.6. The third kappa shape index (κ3) is 5.48. The van der Waals surface area contributed by atoms with Crippen molar-refractivity contribution in [2.45, 2.75) is 25.9 Å². The summed E-state index contributed by atoms with van der Waals surface area (Å²) in [5, 5.41) is 2.43. The van der Waals surface area contributed by atoms with Gasteiger partial charge in [-0.25, -0.2) is 8.42 Å². The van der Waals surface area contributed by atoms with Gasteiger partial charge in [0.15, 0.2) is 0 Å². The highest BCUT2D eigenvalue weighted by atomic mass is 32.2. The van der Waals surface area contributed by atoms with Crippen LogP contribution in [0.4, 0.5) is 24.5 Å². The van der Waals surface area contributed by atoms with E-state index in [4.69, 9.17) is 0 Å². The van der Waals surface area contributed by atoms with Crippen LogP contribution in [0.3, 0.4) is 0 Å². The highest BCUT2D eigenvalue weighted by Crippen LogP contribution is 2.30. The van der Waals surface area contributed by atoms with Gasteiger partial charge < -0.3 is 5.32 Å². The predicted octanol–water partition coefficient (Wildman–Crippen LogP) is 4.23. The van der Waals surface area contributed by atoms with Gasteiger partial charge in [-0.2, -0.15) is 13.2 Å². The quantitative estimate of drug-likeness (QED) is 0.769. The third-order valence-corrected chi connectivity index (χ3v) is 5.14. The fourth-order valence-electron chi connectivity index (χ4n) is 2.66. The van der Waals surface area contributed by atoms with Crippen LogP contribution in [0.15, 0.2) is 48.5 Å². The van der Waals surface area contributed by atoms with E-state index < -0.39 is 34.2 Å². The Morgan fingerprint density at radius 1 is 1.07 bits per heavy atom. The lowest BCUT2D eigenvalue weighted by Crippen LogP contribution is -2.38. The number of nitrogens with zero attached hydrogens (tertiary/aromatic N) is 1. The first-order chi connectivity index (χ1) is 12.9. The maximum atomic E-state index is 12.6. The Morgan fingerprint density at radius 2 is 1.64 bits per heavy atom. The first-order valence-electron chi connectivity index (χ1n) is 8.43. The van der Waals surface area contributed by atoms with E-state index >= 15 is 0 Å². The molecule has 1 N–H and O–H groups in total. The number of amides is 1. The maximum Gasteiger partial charge on any atom is 0.416 e.